The third-order valence-corrected chi connectivity index (χ3v) is 2.72. The van der Waals surface area contributed by atoms with Crippen molar-refractivity contribution >= 4 is 0 Å². The van der Waals surface area contributed by atoms with E-state index in [1.54, 1.807) is 5.57 Å². The Bertz CT molecular complexity index is 140. The average molecular weight is 138 g/mol. The summed E-state index contributed by atoms with van der Waals surface area (Å²) in [5.74, 6) is 0. The van der Waals surface area contributed by atoms with E-state index in [1.165, 1.54) is 25.7 Å². The van der Waals surface area contributed by atoms with Crippen LogP contribution in [0.4, 0.5) is 0 Å². The standard InChI is InChI=1S/C10H18/c1-4-9-7-5-6-8-10(9,2)3/h4H,5-8H2,1-3H3. The van der Waals surface area contributed by atoms with Gasteiger partial charge in [-0.2, -0.15) is 0 Å². The van der Waals surface area contributed by atoms with E-state index < -0.39 is 0 Å². The molecule has 1 aliphatic carbocycles. The maximum absolute atomic E-state index is 2.36. The minimum Gasteiger partial charge on any atom is -0.0879 e. The highest BCUT2D eigenvalue weighted by molar-refractivity contribution is 5.13. The van der Waals surface area contributed by atoms with Crippen LogP contribution in [0.5, 0.6) is 0 Å². The maximum atomic E-state index is 2.36. The lowest BCUT2D eigenvalue weighted by molar-refractivity contribution is 0.335. The van der Waals surface area contributed by atoms with Gasteiger partial charge in [-0.15, -0.1) is 0 Å². The van der Waals surface area contributed by atoms with E-state index >= 15 is 0 Å². The van der Waals surface area contributed by atoms with Gasteiger partial charge in [0, 0.05) is 0 Å². The van der Waals surface area contributed by atoms with Crippen molar-refractivity contribution in [1.29, 1.82) is 0 Å². The van der Waals surface area contributed by atoms with Gasteiger partial charge in [-0.1, -0.05) is 31.9 Å². The molecule has 0 atom stereocenters. The fraction of sp³-hybridized carbons (Fsp3) is 0.800. The molecule has 58 valence electrons. The highest BCUT2D eigenvalue weighted by atomic mass is 14.3. The first-order valence-electron chi connectivity index (χ1n) is 4.32. The van der Waals surface area contributed by atoms with E-state index in [0.717, 1.165) is 0 Å². The van der Waals surface area contributed by atoms with Gasteiger partial charge >= 0.3 is 0 Å². The second kappa shape index (κ2) is 2.77. The Balaban J connectivity index is 2.70. The van der Waals surface area contributed by atoms with Gasteiger partial charge in [-0.25, -0.2) is 0 Å². The molecule has 0 heteroatoms. The second-order valence-electron chi connectivity index (χ2n) is 3.90. The van der Waals surface area contributed by atoms with Crippen molar-refractivity contribution in [2.24, 2.45) is 5.41 Å². The first kappa shape index (κ1) is 7.84. The second-order valence-corrected chi connectivity index (χ2v) is 3.90. The lowest BCUT2D eigenvalue weighted by atomic mass is 9.73. The molecule has 0 amide bonds. The Morgan fingerprint density at radius 1 is 1.30 bits per heavy atom. The topological polar surface area (TPSA) is 0 Å². The summed E-state index contributed by atoms with van der Waals surface area (Å²) >= 11 is 0. The van der Waals surface area contributed by atoms with Crippen molar-refractivity contribution in [2.45, 2.75) is 46.5 Å². The molecule has 10 heavy (non-hydrogen) atoms. The Morgan fingerprint density at radius 3 is 2.40 bits per heavy atom. The van der Waals surface area contributed by atoms with Crippen LogP contribution < -0.4 is 0 Å². The molecule has 1 aliphatic rings. The van der Waals surface area contributed by atoms with E-state index in [4.69, 9.17) is 0 Å². The summed E-state index contributed by atoms with van der Waals surface area (Å²) in [6, 6.07) is 0. The van der Waals surface area contributed by atoms with Crippen molar-refractivity contribution in [2.75, 3.05) is 0 Å². The summed E-state index contributed by atoms with van der Waals surface area (Å²) in [5.41, 5.74) is 2.17. The van der Waals surface area contributed by atoms with Crippen LogP contribution in [0.1, 0.15) is 46.5 Å². The summed E-state index contributed by atoms with van der Waals surface area (Å²) in [6.45, 7) is 6.89. The minimum atomic E-state index is 0.507. The number of allylic oxidation sites excluding steroid dienone is 2. The SMILES string of the molecule is CC=C1CCCCC1(C)C. The van der Waals surface area contributed by atoms with Gasteiger partial charge in [0.25, 0.3) is 0 Å². The largest absolute Gasteiger partial charge is 0.0879 e. The van der Waals surface area contributed by atoms with Crippen LogP contribution in [0, 0.1) is 5.41 Å². The van der Waals surface area contributed by atoms with E-state index in [2.05, 4.69) is 26.8 Å². The molecule has 0 saturated heterocycles. The van der Waals surface area contributed by atoms with Crippen LogP contribution in [-0.2, 0) is 0 Å². The van der Waals surface area contributed by atoms with E-state index in [0.29, 0.717) is 5.41 Å². The van der Waals surface area contributed by atoms with Crippen LogP contribution >= 0.6 is 0 Å². The van der Waals surface area contributed by atoms with E-state index in [9.17, 15) is 0 Å². The van der Waals surface area contributed by atoms with Gasteiger partial charge in [0.05, 0.1) is 0 Å². The van der Waals surface area contributed by atoms with Gasteiger partial charge in [-0.05, 0) is 31.6 Å². The normalized spacial score (nSPS) is 28.9. The third kappa shape index (κ3) is 1.42. The zero-order valence-electron chi connectivity index (χ0n) is 7.41. The first-order chi connectivity index (χ1) is 4.67. The third-order valence-electron chi connectivity index (χ3n) is 2.72. The number of rotatable bonds is 0. The molecule has 0 unspecified atom stereocenters. The molecule has 0 aromatic rings. The molecule has 1 saturated carbocycles. The Morgan fingerprint density at radius 2 is 2.00 bits per heavy atom. The van der Waals surface area contributed by atoms with Gasteiger partial charge in [0.15, 0.2) is 0 Å². The molecule has 1 fully saturated rings. The highest BCUT2D eigenvalue weighted by Gasteiger charge is 2.25. The van der Waals surface area contributed by atoms with Crippen LogP contribution in [0.15, 0.2) is 11.6 Å². The van der Waals surface area contributed by atoms with Gasteiger partial charge in [0.2, 0.25) is 0 Å². The van der Waals surface area contributed by atoms with Crippen molar-refractivity contribution in [3.8, 4) is 0 Å². The minimum absolute atomic E-state index is 0.507. The van der Waals surface area contributed by atoms with Gasteiger partial charge in [0.1, 0.15) is 0 Å². The molecule has 0 bridgehead atoms. The summed E-state index contributed by atoms with van der Waals surface area (Å²) in [7, 11) is 0. The predicted octanol–water partition coefficient (Wildman–Crippen LogP) is 3.53. The van der Waals surface area contributed by atoms with Gasteiger partial charge < -0.3 is 0 Å². The Labute approximate surface area is 64.3 Å². The summed E-state index contributed by atoms with van der Waals surface area (Å²) in [6.07, 6.45) is 7.85. The molecular formula is C10H18. The Kier molecular flexibility index (Phi) is 2.18. The quantitative estimate of drug-likeness (QED) is 0.449. The van der Waals surface area contributed by atoms with E-state index in [-0.39, 0.29) is 0 Å². The average Bonchev–Trinajstić information content (AvgIpc) is 1.87. The van der Waals surface area contributed by atoms with Crippen molar-refractivity contribution in [3.63, 3.8) is 0 Å². The Hall–Kier alpha value is -0.260. The van der Waals surface area contributed by atoms with E-state index in [1.807, 2.05) is 0 Å². The predicted molar refractivity (Wildman–Crippen MR) is 46.0 cm³/mol. The first-order valence-corrected chi connectivity index (χ1v) is 4.32. The fourth-order valence-corrected chi connectivity index (χ4v) is 1.92. The number of hydrogen-bond acceptors (Lipinski definition) is 0. The molecule has 0 N–H and O–H groups in total. The van der Waals surface area contributed by atoms with Gasteiger partial charge in [-0.3, -0.25) is 0 Å². The lowest BCUT2D eigenvalue weighted by Gasteiger charge is -2.32. The zero-order valence-corrected chi connectivity index (χ0v) is 7.41. The molecule has 0 aromatic heterocycles. The summed E-state index contributed by atoms with van der Waals surface area (Å²) in [4.78, 5) is 0. The van der Waals surface area contributed by atoms with Crippen LogP contribution in [-0.4, -0.2) is 0 Å². The summed E-state index contributed by atoms with van der Waals surface area (Å²) in [5, 5.41) is 0. The van der Waals surface area contributed by atoms with Crippen molar-refractivity contribution < 1.29 is 0 Å². The monoisotopic (exact) mass is 138 g/mol. The maximum Gasteiger partial charge on any atom is -0.0145 e. The van der Waals surface area contributed by atoms with Crippen LogP contribution in [0.2, 0.25) is 0 Å². The molecule has 0 heterocycles. The lowest BCUT2D eigenvalue weighted by Crippen LogP contribution is -2.18. The molecule has 0 nitrogen and oxygen atoms in total. The van der Waals surface area contributed by atoms with Crippen molar-refractivity contribution in [3.05, 3.63) is 11.6 Å². The fourth-order valence-electron chi connectivity index (χ4n) is 1.92. The molecule has 0 spiro atoms. The highest BCUT2D eigenvalue weighted by Crippen LogP contribution is 2.39. The smallest absolute Gasteiger partial charge is 0.0145 e. The van der Waals surface area contributed by atoms with Crippen LogP contribution in [0.25, 0.3) is 0 Å². The molecule has 0 aromatic carbocycles. The zero-order chi connectivity index (χ0) is 7.61. The molecule has 0 aliphatic heterocycles. The van der Waals surface area contributed by atoms with Crippen molar-refractivity contribution in [1.82, 2.24) is 0 Å². The molecule has 1 rings (SSSR count). The molecule has 0 radical (unpaired) electrons. The molecular weight excluding hydrogens is 120 g/mol. The summed E-state index contributed by atoms with van der Waals surface area (Å²) < 4.78 is 0. The van der Waals surface area contributed by atoms with Crippen LogP contribution in [0.3, 0.4) is 0 Å². The number of hydrogen-bond donors (Lipinski definition) is 0.